The van der Waals surface area contributed by atoms with Crippen LogP contribution >= 0.6 is 23.2 Å². The van der Waals surface area contributed by atoms with Crippen LogP contribution in [0.1, 0.15) is 5.56 Å². The number of anilines is 2. The number of ether oxygens (including phenoxy) is 2. The van der Waals surface area contributed by atoms with Crippen molar-refractivity contribution in [2.24, 2.45) is 0 Å². The van der Waals surface area contributed by atoms with Crippen molar-refractivity contribution in [3.05, 3.63) is 58.1 Å². The van der Waals surface area contributed by atoms with Gasteiger partial charge in [-0.15, -0.1) is 0 Å². The first-order valence-corrected chi connectivity index (χ1v) is 9.27. The molecule has 1 heterocycles. The second-order valence-corrected chi connectivity index (χ2v) is 6.82. The van der Waals surface area contributed by atoms with Crippen LogP contribution in [0.3, 0.4) is 0 Å². The molecule has 7 heteroatoms. The third-order valence-corrected chi connectivity index (χ3v) is 4.67. The van der Waals surface area contributed by atoms with Gasteiger partial charge in [-0.25, -0.2) is 0 Å². The minimum Gasteiger partial charge on any atom is -0.495 e. The molecule has 0 atom stereocenters. The van der Waals surface area contributed by atoms with Crippen molar-refractivity contribution in [2.45, 2.75) is 0 Å². The van der Waals surface area contributed by atoms with Crippen LogP contribution in [0.4, 0.5) is 11.4 Å². The van der Waals surface area contributed by atoms with E-state index in [9.17, 15) is 4.79 Å². The lowest BCUT2D eigenvalue weighted by Crippen LogP contribution is -2.36. The molecule has 0 unspecified atom stereocenters. The number of rotatable bonds is 5. The maximum Gasteiger partial charge on any atom is 0.248 e. The van der Waals surface area contributed by atoms with Gasteiger partial charge in [0.05, 0.1) is 25.3 Å². The molecule has 0 bridgehead atoms. The molecule has 2 aromatic carbocycles. The van der Waals surface area contributed by atoms with E-state index in [0.29, 0.717) is 21.4 Å². The molecule has 1 fully saturated rings. The molecule has 0 aromatic heterocycles. The standard InChI is InChI=1S/C20H20Cl2N2O3/c1-26-20-14(12-15(21)13-18(20)22)2-7-19(25)23-16-3-5-17(6-4-16)24-8-10-27-11-9-24/h2-7,12-13H,8-11H2,1H3,(H,23,25). The molecule has 0 radical (unpaired) electrons. The summed E-state index contributed by atoms with van der Waals surface area (Å²) in [4.78, 5) is 14.5. The van der Waals surface area contributed by atoms with E-state index in [1.54, 1.807) is 18.2 Å². The van der Waals surface area contributed by atoms with Gasteiger partial charge < -0.3 is 19.7 Å². The Morgan fingerprint density at radius 1 is 1.19 bits per heavy atom. The van der Waals surface area contributed by atoms with Gasteiger partial charge in [0.25, 0.3) is 0 Å². The van der Waals surface area contributed by atoms with Crippen molar-refractivity contribution in [3.63, 3.8) is 0 Å². The van der Waals surface area contributed by atoms with E-state index in [2.05, 4.69) is 10.2 Å². The monoisotopic (exact) mass is 406 g/mol. The maximum atomic E-state index is 12.2. The summed E-state index contributed by atoms with van der Waals surface area (Å²) in [5, 5.41) is 3.70. The molecule has 2 aromatic rings. The third-order valence-electron chi connectivity index (χ3n) is 4.17. The number of hydrogen-bond donors (Lipinski definition) is 1. The fourth-order valence-electron chi connectivity index (χ4n) is 2.85. The topological polar surface area (TPSA) is 50.8 Å². The Kier molecular flexibility index (Phi) is 6.61. The van der Waals surface area contributed by atoms with E-state index < -0.39 is 0 Å². The van der Waals surface area contributed by atoms with Crippen LogP contribution in [-0.4, -0.2) is 39.3 Å². The van der Waals surface area contributed by atoms with Crippen LogP contribution in [0.2, 0.25) is 10.0 Å². The Morgan fingerprint density at radius 3 is 2.56 bits per heavy atom. The largest absolute Gasteiger partial charge is 0.495 e. The van der Waals surface area contributed by atoms with Crippen molar-refractivity contribution in [1.82, 2.24) is 0 Å². The Morgan fingerprint density at radius 2 is 1.89 bits per heavy atom. The van der Waals surface area contributed by atoms with Gasteiger partial charge in [-0.05, 0) is 42.5 Å². The van der Waals surface area contributed by atoms with Gasteiger partial charge in [0.1, 0.15) is 5.75 Å². The first-order valence-electron chi connectivity index (χ1n) is 8.51. The molecule has 5 nitrogen and oxygen atoms in total. The van der Waals surface area contributed by atoms with Crippen LogP contribution < -0.4 is 15.0 Å². The lowest BCUT2D eigenvalue weighted by Gasteiger charge is -2.28. The van der Waals surface area contributed by atoms with Crippen LogP contribution in [0, 0.1) is 0 Å². The van der Waals surface area contributed by atoms with Crippen molar-refractivity contribution in [1.29, 1.82) is 0 Å². The normalized spacial score (nSPS) is 14.4. The first-order chi connectivity index (χ1) is 13.1. The molecule has 1 N–H and O–H groups in total. The van der Waals surface area contributed by atoms with Gasteiger partial charge in [0.2, 0.25) is 5.91 Å². The van der Waals surface area contributed by atoms with Crippen molar-refractivity contribution in [2.75, 3.05) is 43.6 Å². The number of benzene rings is 2. The third kappa shape index (κ3) is 5.16. The summed E-state index contributed by atoms with van der Waals surface area (Å²) in [6, 6.07) is 11.0. The van der Waals surface area contributed by atoms with Gasteiger partial charge >= 0.3 is 0 Å². The summed E-state index contributed by atoms with van der Waals surface area (Å²) in [6.07, 6.45) is 3.04. The zero-order valence-corrected chi connectivity index (χ0v) is 16.4. The number of carbonyl (C=O) groups is 1. The van der Waals surface area contributed by atoms with E-state index in [1.165, 1.54) is 13.2 Å². The molecule has 0 saturated carbocycles. The van der Waals surface area contributed by atoms with Gasteiger partial charge in [-0.1, -0.05) is 23.2 Å². The second-order valence-electron chi connectivity index (χ2n) is 5.98. The summed E-state index contributed by atoms with van der Waals surface area (Å²) in [7, 11) is 1.52. The van der Waals surface area contributed by atoms with Crippen LogP contribution in [0.5, 0.6) is 5.75 Å². The molecule has 0 spiro atoms. The van der Waals surface area contributed by atoms with E-state index >= 15 is 0 Å². The van der Waals surface area contributed by atoms with E-state index in [-0.39, 0.29) is 5.91 Å². The summed E-state index contributed by atoms with van der Waals surface area (Å²) < 4.78 is 10.6. The van der Waals surface area contributed by atoms with Crippen molar-refractivity contribution >= 4 is 46.6 Å². The maximum absolute atomic E-state index is 12.2. The minimum atomic E-state index is -0.257. The van der Waals surface area contributed by atoms with Crippen LogP contribution in [-0.2, 0) is 9.53 Å². The van der Waals surface area contributed by atoms with Crippen LogP contribution in [0.15, 0.2) is 42.5 Å². The second kappa shape index (κ2) is 9.13. The lowest BCUT2D eigenvalue weighted by atomic mass is 10.2. The molecule has 142 valence electrons. The van der Waals surface area contributed by atoms with Gasteiger partial charge in [-0.3, -0.25) is 4.79 Å². The molecule has 27 heavy (non-hydrogen) atoms. The number of hydrogen-bond acceptors (Lipinski definition) is 4. The highest BCUT2D eigenvalue weighted by molar-refractivity contribution is 6.36. The lowest BCUT2D eigenvalue weighted by molar-refractivity contribution is -0.111. The average Bonchev–Trinajstić information content (AvgIpc) is 2.67. The van der Waals surface area contributed by atoms with E-state index in [0.717, 1.165) is 37.7 Å². The highest BCUT2D eigenvalue weighted by Crippen LogP contribution is 2.33. The number of carbonyl (C=O) groups excluding carboxylic acids is 1. The number of methoxy groups -OCH3 is 1. The van der Waals surface area contributed by atoms with Gasteiger partial charge in [-0.2, -0.15) is 0 Å². The summed E-state index contributed by atoms with van der Waals surface area (Å²) in [6.45, 7) is 3.22. The molecule has 3 rings (SSSR count). The zero-order valence-electron chi connectivity index (χ0n) is 14.9. The predicted octanol–water partition coefficient (Wildman–Crippen LogP) is 4.49. The molecule has 1 saturated heterocycles. The predicted molar refractivity (Wildman–Crippen MR) is 110 cm³/mol. The molecule has 1 aliphatic heterocycles. The minimum absolute atomic E-state index is 0.257. The number of morpholine rings is 1. The smallest absolute Gasteiger partial charge is 0.248 e. The number of nitrogens with one attached hydrogen (secondary N) is 1. The Labute approximate surface area is 168 Å². The highest BCUT2D eigenvalue weighted by Gasteiger charge is 2.11. The number of halogens is 2. The molecule has 1 aliphatic rings. The van der Waals surface area contributed by atoms with Gasteiger partial charge in [0.15, 0.2) is 0 Å². The average molecular weight is 407 g/mol. The Bertz CT molecular complexity index is 832. The Hall–Kier alpha value is -2.21. The van der Waals surface area contributed by atoms with Crippen LogP contribution in [0.25, 0.3) is 6.08 Å². The first kappa shape index (κ1) is 19.5. The van der Waals surface area contributed by atoms with E-state index in [1.807, 2.05) is 24.3 Å². The highest BCUT2D eigenvalue weighted by atomic mass is 35.5. The molecular weight excluding hydrogens is 387 g/mol. The molecule has 1 amide bonds. The number of nitrogens with zero attached hydrogens (tertiary/aromatic N) is 1. The molecule has 0 aliphatic carbocycles. The summed E-state index contributed by atoms with van der Waals surface area (Å²) in [5.74, 6) is 0.215. The van der Waals surface area contributed by atoms with E-state index in [4.69, 9.17) is 32.7 Å². The number of amides is 1. The Balaban J connectivity index is 1.65. The molecular formula is C20H20Cl2N2O3. The van der Waals surface area contributed by atoms with Crippen molar-refractivity contribution < 1.29 is 14.3 Å². The summed E-state index contributed by atoms with van der Waals surface area (Å²) >= 11 is 12.1. The fraction of sp³-hybridized carbons (Fsp3) is 0.250. The quantitative estimate of drug-likeness (QED) is 0.743. The van der Waals surface area contributed by atoms with Crippen molar-refractivity contribution in [3.8, 4) is 5.75 Å². The summed E-state index contributed by atoms with van der Waals surface area (Å²) in [5.41, 5.74) is 2.47. The fourth-order valence-corrected chi connectivity index (χ4v) is 3.43. The van der Waals surface area contributed by atoms with Gasteiger partial charge in [0, 0.05) is 41.1 Å². The SMILES string of the molecule is COc1c(Cl)cc(Cl)cc1C=CC(=O)Nc1ccc(N2CCOCC2)cc1. The zero-order chi connectivity index (χ0) is 19.2.